The van der Waals surface area contributed by atoms with Crippen molar-refractivity contribution >= 4 is 17.8 Å². The summed E-state index contributed by atoms with van der Waals surface area (Å²) in [4.78, 5) is 45.3. The van der Waals surface area contributed by atoms with E-state index in [-0.39, 0.29) is 12.5 Å². The van der Waals surface area contributed by atoms with E-state index in [9.17, 15) is 14.4 Å². The van der Waals surface area contributed by atoms with E-state index in [4.69, 9.17) is 0 Å². The van der Waals surface area contributed by atoms with Gasteiger partial charge in [0.2, 0.25) is 11.8 Å². The van der Waals surface area contributed by atoms with E-state index in [2.05, 4.69) is 15.3 Å². The van der Waals surface area contributed by atoms with Gasteiger partial charge in [-0.2, -0.15) is 0 Å². The van der Waals surface area contributed by atoms with Crippen LogP contribution in [0.15, 0.2) is 18.6 Å². The first-order valence-electron chi connectivity index (χ1n) is 7.08. The normalized spacial score (nSPS) is 23.5. The van der Waals surface area contributed by atoms with Crippen LogP contribution in [0.4, 0.5) is 4.79 Å². The predicted molar refractivity (Wildman–Crippen MR) is 71.6 cm³/mol. The average Bonchev–Trinajstić information content (AvgIpc) is 2.98. The number of carbonyl (C=O) groups is 3. The van der Waals surface area contributed by atoms with Crippen LogP contribution in [0, 0.1) is 11.8 Å². The van der Waals surface area contributed by atoms with Crippen molar-refractivity contribution in [2.24, 2.45) is 11.8 Å². The minimum absolute atomic E-state index is 0.0403. The number of carbonyl (C=O) groups excluding carboxylic acids is 3. The first-order chi connectivity index (χ1) is 10.2. The van der Waals surface area contributed by atoms with Crippen LogP contribution in [0.3, 0.4) is 0 Å². The first-order valence-corrected chi connectivity index (χ1v) is 7.08. The highest BCUT2D eigenvalue weighted by Crippen LogP contribution is 2.34. The molecule has 4 amide bonds. The van der Waals surface area contributed by atoms with Crippen LogP contribution in [0.5, 0.6) is 0 Å². The largest absolute Gasteiger partial charge is 0.331 e. The molecule has 1 atom stereocenters. The fourth-order valence-corrected chi connectivity index (χ4v) is 3.06. The van der Waals surface area contributed by atoms with Crippen LogP contribution in [0.2, 0.25) is 0 Å². The van der Waals surface area contributed by atoms with E-state index in [1.54, 1.807) is 12.3 Å². The van der Waals surface area contributed by atoms with Gasteiger partial charge in [0, 0.05) is 6.20 Å². The fourth-order valence-electron chi connectivity index (χ4n) is 3.06. The highest BCUT2D eigenvalue weighted by atomic mass is 16.2. The minimum atomic E-state index is -0.743. The van der Waals surface area contributed by atoms with E-state index < -0.39 is 23.8 Å². The number of rotatable bonds is 3. The van der Waals surface area contributed by atoms with E-state index in [0.29, 0.717) is 5.69 Å². The number of hydrogen-bond acceptors (Lipinski definition) is 5. The van der Waals surface area contributed by atoms with E-state index in [0.717, 1.165) is 30.6 Å². The molecule has 110 valence electrons. The van der Waals surface area contributed by atoms with Gasteiger partial charge in [-0.05, 0) is 24.8 Å². The van der Waals surface area contributed by atoms with E-state index >= 15 is 0 Å². The fraction of sp³-hybridized carbons (Fsp3) is 0.500. The van der Waals surface area contributed by atoms with E-state index in [1.165, 1.54) is 6.33 Å². The van der Waals surface area contributed by atoms with Crippen molar-refractivity contribution in [3.63, 3.8) is 0 Å². The van der Waals surface area contributed by atoms with Crippen LogP contribution in [0.1, 0.15) is 31.4 Å². The molecule has 3 rings (SSSR count). The lowest BCUT2D eigenvalue weighted by Crippen LogP contribution is -2.59. The third-order valence-electron chi connectivity index (χ3n) is 4.12. The maximum Gasteiger partial charge on any atom is 0.331 e. The summed E-state index contributed by atoms with van der Waals surface area (Å²) in [5.74, 6) is -1.57. The zero-order valence-corrected chi connectivity index (χ0v) is 11.5. The van der Waals surface area contributed by atoms with Gasteiger partial charge in [-0.1, -0.05) is 12.8 Å². The number of hydrogen-bond donors (Lipinski definition) is 1. The van der Waals surface area contributed by atoms with Crippen molar-refractivity contribution in [3.8, 4) is 0 Å². The van der Waals surface area contributed by atoms with Gasteiger partial charge in [-0.15, -0.1) is 0 Å². The summed E-state index contributed by atoms with van der Waals surface area (Å²) in [6.07, 6.45) is 6.69. The Morgan fingerprint density at radius 2 is 2.00 bits per heavy atom. The minimum Gasteiger partial charge on any atom is -0.277 e. The Bertz CT molecular complexity index is 569. The van der Waals surface area contributed by atoms with Gasteiger partial charge < -0.3 is 0 Å². The Hall–Kier alpha value is -2.31. The number of nitrogens with one attached hydrogen (secondary N) is 1. The number of aromatic nitrogens is 2. The number of barbiturate groups is 1. The monoisotopic (exact) mass is 288 g/mol. The van der Waals surface area contributed by atoms with Crippen LogP contribution in [-0.2, 0) is 16.1 Å². The summed E-state index contributed by atoms with van der Waals surface area (Å²) in [5.41, 5.74) is 0.563. The lowest BCUT2D eigenvalue weighted by molar-refractivity contribution is -0.145. The smallest absolute Gasteiger partial charge is 0.277 e. The molecule has 1 aromatic heterocycles. The van der Waals surface area contributed by atoms with Gasteiger partial charge in [-0.3, -0.25) is 19.8 Å². The molecule has 2 heterocycles. The predicted octanol–water partition coefficient (Wildman–Crippen LogP) is 0.861. The zero-order valence-electron chi connectivity index (χ0n) is 11.5. The van der Waals surface area contributed by atoms with Crippen molar-refractivity contribution in [1.82, 2.24) is 20.2 Å². The molecule has 1 unspecified atom stereocenters. The van der Waals surface area contributed by atoms with Crippen LogP contribution >= 0.6 is 0 Å². The Morgan fingerprint density at radius 3 is 2.67 bits per heavy atom. The van der Waals surface area contributed by atoms with Crippen molar-refractivity contribution in [3.05, 3.63) is 24.3 Å². The molecule has 1 N–H and O–H groups in total. The molecule has 0 spiro atoms. The number of urea groups is 1. The van der Waals surface area contributed by atoms with Crippen LogP contribution in [-0.4, -0.2) is 32.7 Å². The average molecular weight is 288 g/mol. The summed E-state index contributed by atoms with van der Waals surface area (Å²) in [7, 11) is 0. The Morgan fingerprint density at radius 1 is 1.24 bits per heavy atom. The summed E-state index contributed by atoms with van der Waals surface area (Å²) >= 11 is 0. The van der Waals surface area contributed by atoms with Gasteiger partial charge in [0.15, 0.2) is 0 Å². The van der Waals surface area contributed by atoms with Crippen molar-refractivity contribution in [1.29, 1.82) is 0 Å². The van der Waals surface area contributed by atoms with Gasteiger partial charge >= 0.3 is 6.03 Å². The summed E-state index contributed by atoms with van der Waals surface area (Å²) < 4.78 is 0. The highest BCUT2D eigenvalue weighted by molar-refractivity contribution is 6.16. The zero-order chi connectivity index (χ0) is 14.8. The Labute approximate surface area is 121 Å². The molecule has 1 saturated carbocycles. The Balaban J connectivity index is 1.80. The molecular formula is C14H16N4O3. The van der Waals surface area contributed by atoms with Gasteiger partial charge in [0.1, 0.15) is 12.2 Å². The molecule has 1 aromatic rings. The topological polar surface area (TPSA) is 92.3 Å². The second-order valence-corrected chi connectivity index (χ2v) is 5.44. The van der Waals surface area contributed by atoms with Crippen molar-refractivity contribution in [2.75, 3.05) is 0 Å². The van der Waals surface area contributed by atoms with Crippen LogP contribution < -0.4 is 5.32 Å². The third-order valence-corrected chi connectivity index (χ3v) is 4.12. The van der Waals surface area contributed by atoms with Crippen molar-refractivity contribution in [2.45, 2.75) is 32.2 Å². The summed E-state index contributed by atoms with van der Waals surface area (Å²) in [6, 6.07) is 0.972. The highest BCUT2D eigenvalue weighted by Gasteiger charge is 2.45. The maximum atomic E-state index is 12.5. The van der Waals surface area contributed by atoms with E-state index in [1.807, 2.05) is 0 Å². The first kappa shape index (κ1) is 13.7. The second kappa shape index (κ2) is 5.59. The second-order valence-electron chi connectivity index (χ2n) is 5.44. The molecule has 0 bridgehead atoms. The van der Waals surface area contributed by atoms with Gasteiger partial charge in [-0.25, -0.2) is 14.8 Å². The molecule has 2 fully saturated rings. The lowest BCUT2D eigenvalue weighted by atomic mass is 9.87. The van der Waals surface area contributed by atoms with Gasteiger partial charge in [0.25, 0.3) is 0 Å². The molecule has 7 heteroatoms. The molecule has 1 aliphatic carbocycles. The lowest BCUT2D eigenvalue weighted by Gasteiger charge is -2.32. The Kier molecular flexibility index (Phi) is 3.64. The SMILES string of the molecule is O=C1NC(=O)N(Cc2ccncn2)C(=O)C1C1CCCC1. The van der Waals surface area contributed by atoms with Crippen molar-refractivity contribution < 1.29 is 14.4 Å². The third kappa shape index (κ3) is 2.63. The molecular weight excluding hydrogens is 272 g/mol. The maximum absolute atomic E-state index is 12.5. The molecule has 1 saturated heterocycles. The molecule has 2 aliphatic rings. The molecule has 1 aliphatic heterocycles. The molecule has 0 radical (unpaired) electrons. The number of imide groups is 2. The van der Waals surface area contributed by atoms with Gasteiger partial charge in [0.05, 0.1) is 12.2 Å². The summed E-state index contributed by atoms with van der Waals surface area (Å²) in [6.45, 7) is 0.0592. The quantitative estimate of drug-likeness (QED) is 0.833. The molecule has 21 heavy (non-hydrogen) atoms. The number of amides is 4. The summed E-state index contributed by atoms with van der Waals surface area (Å²) in [5, 5.41) is 2.29. The van der Waals surface area contributed by atoms with Crippen LogP contribution in [0.25, 0.3) is 0 Å². The standard InChI is InChI=1S/C14H16N4O3/c19-12-11(9-3-1-2-4-9)13(20)18(14(21)17-12)7-10-5-6-15-8-16-10/h5-6,8-9,11H,1-4,7H2,(H,17,19,21). The molecule has 0 aromatic carbocycles. The number of nitrogens with zero attached hydrogens (tertiary/aromatic N) is 3. The molecule has 7 nitrogen and oxygen atoms in total.